The van der Waals surface area contributed by atoms with Gasteiger partial charge in [0, 0.05) is 25.2 Å². The van der Waals surface area contributed by atoms with Gasteiger partial charge in [-0.2, -0.15) is 0 Å². The Morgan fingerprint density at radius 1 is 1.40 bits per heavy atom. The SMILES string of the molecule is CC(C)(C)OC(=O)NCC1CCN(C(=O)c2ccc3nc[nH]c3c2)C1. The Kier molecular flexibility index (Phi) is 4.65. The summed E-state index contributed by atoms with van der Waals surface area (Å²) < 4.78 is 5.23. The van der Waals surface area contributed by atoms with Crippen molar-refractivity contribution in [1.82, 2.24) is 20.2 Å². The zero-order chi connectivity index (χ0) is 18.0. The van der Waals surface area contributed by atoms with Crippen LogP contribution < -0.4 is 5.32 Å². The van der Waals surface area contributed by atoms with Crippen molar-refractivity contribution in [3.63, 3.8) is 0 Å². The average Bonchev–Trinajstić information content (AvgIpc) is 3.19. The number of ether oxygens (including phenoxy) is 1. The van der Waals surface area contributed by atoms with Crippen LogP contribution in [0.1, 0.15) is 37.6 Å². The third-order valence-electron chi connectivity index (χ3n) is 4.17. The number of hydrogen-bond donors (Lipinski definition) is 2. The van der Waals surface area contributed by atoms with E-state index in [1.807, 2.05) is 37.8 Å². The molecule has 1 saturated heterocycles. The molecule has 0 bridgehead atoms. The molecule has 1 unspecified atom stereocenters. The van der Waals surface area contributed by atoms with Crippen LogP contribution in [0.25, 0.3) is 11.0 Å². The number of likely N-dealkylation sites (tertiary alicyclic amines) is 1. The van der Waals surface area contributed by atoms with Gasteiger partial charge in [-0.3, -0.25) is 4.79 Å². The first-order chi connectivity index (χ1) is 11.8. The van der Waals surface area contributed by atoms with Crippen LogP contribution in [0.4, 0.5) is 4.79 Å². The highest BCUT2D eigenvalue weighted by Gasteiger charge is 2.28. The molecule has 2 heterocycles. The van der Waals surface area contributed by atoms with Gasteiger partial charge >= 0.3 is 6.09 Å². The van der Waals surface area contributed by atoms with E-state index in [0.29, 0.717) is 25.2 Å². The van der Waals surface area contributed by atoms with E-state index in [-0.39, 0.29) is 11.8 Å². The number of carbonyl (C=O) groups excluding carboxylic acids is 2. The topological polar surface area (TPSA) is 87.3 Å². The first kappa shape index (κ1) is 17.3. The van der Waals surface area contributed by atoms with E-state index in [1.165, 1.54) is 0 Å². The second kappa shape index (κ2) is 6.74. The number of imidazole rings is 1. The summed E-state index contributed by atoms with van der Waals surface area (Å²) in [5.41, 5.74) is 1.84. The molecule has 7 heteroatoms. The Balaban J connectivity index is 1.53. The molecule has 2 amide bonds. The van der Waals surface area contributed by atoms with Crippen LogP contribution in [-0.4, -0.2) is 52.1 Å². The minimum absolute atomic E-state index is 0.0104. The third-order valence-corrected chi connectivity index (χ3v) is 4.17. The summed E-state index contributed by atoms with van der Waals surface area (Å²) in [6, 6.07) is 5.48. The fourth-order valence-corrected chi connectivity index (χ4v) is 2.98. The molecule has 1 aliphatic rings. The van der Waals surface area contributed by atoms with E-state index in [2.05, 4.69) is 15.3 Å². The number of carbonyl (C=O) groups is 2. The van der Waals surface area contributed by atoms with Gasteiger partial charge in [-0.15, -0.1) is 0 Å². The van der Waals surface area contributed by atoms with Crippen LogP contribution in [0.2, 0.25) is 0 Å². The predicted octanol–water partition coefficient (Wildman–Crippen LogP) is 2.55. The highest BCUT2D eigenvalue weighted by atomic mass is 16.6. The highest BCUT2D eigenvalue weighted by molar-refractivity contribution is 5.97. The van der Waals surface area contributed by atoms with Gasteiger partial charge in [0.1, 0.15) is 5.60 Å². The van der Waals surface area contributed by atoms with E-state index in [0.717, 1.165) is 17.5 Å². The van der Waals surface area contributed by atoms with E-state index in [1.54, 1.807) is 12.4 Å². The minimum atomic E-state index is -0.507. The molecule has 0 radical (unpaired) electrons. The lowest BCUT2D eigenvalue weighted by Gasteiger charge is -2.21. The Labute approximate surface area is 146 Å². The number of hydrogen-bond acceptors (Lipinski definition) is 4. The van der Waals surface area contributed by atoms with E-state index >= 15 is 0 Å². The lowest BCUT2D eigenvalue weighted by molar-refractivity contribution is 0.0520. The molecule has 1 atom stereocenters. The molecule has 1 aliphatic heterocycles. The van der Waals surface area contributed by atoms with Gasteiger partial charge in [0.15, 0.2) is 0 Å². The Bertz CT molecular complexity index is 778. The van der Waals surface area contributed by atoms with Gasteiger partial charge in [-0.05, 0) is 51.3 Å². The predicted molar refractivity (Wildman–Crippen MR) is 94.3 cm³/mol. The summed E-state index contributed by atoms with van der Waals surface area (Å²) in [6.45, 7) is 7.34. The first-order valence-electron chi connectivity index (χ1n) is 8.51. The summed E-state index contributed by atoms with van der Waals surface area (Å²) in [6.07, 6.45) is 2.07. The van der Waals surface area contributed by atoms with Crippen molar-refractivity contribution < 1.29 is 14.3 Å². The molecule has 1 fully saturated rings. The normalized spacial score (nSPS) is 17.7. The van der Waals surface area contributed by atoms with E-state index in [9.17, 15) is 9.59 Å². The van der Waals surface area contributed by atoms with Crippen LogP contribution in [0.3, 0.4) is 0 Å². The number of rotatable bonds is 3. The number of alkyl carbamates (subject to hydrolysis) is 1. The lowest BCUT2D eigenvalue weighted by atomic mass is 10.1. The van der Waals surface area contributed by atoms with E-state index in [4.69, 9.17) is 4.74 Å². The fourth-order valence-electron chi connectivity index (χ4n) is 2.98. The summed E-state index contributed by atoms with van der Waals surface area (Å²) in [7, 11) is 0. The van der Waals surface area contributed by atoms with Crippen molar-refractivity contribution in [2.75, 3.05) is 19.6 Å². The fraction of sp³-hybridized carbons (Fsp3) is 0.500. The molecule has 7 nitrogen and oxygen atoms in total. The average molecular weight is 344 g/mol. The van der Waals surface area contributed by atoms with Gasteiger partial charge in [0.2, 0.25) is 0 Å². The maximum Gasteiger partial charge on any atom is 0.407 e. The molecule has 0 saturated carbocycles. The Morgan fingerprint density at radius 3 is 2.96 bits per heavy atom. The molecule has 3 rings (SSSR count). The molecule has 134 valence electrons. The molecule has 25 heavy (non-hydrogen) atoms. The lowest BCUT2D eigenvalue weighted by Crippen LogP contribution is -2.36. The summed E-state index contributed by atoms with van der Waals surface area (Å²) in [5.74, 6) is 0.253. The zero-order valence-electron chi connectivity index (χ0n) is 14.8. The minimum Gasteiger partial charge on any atom is -0.444 e. The van der Waals surface area contributed by atoms with Crippen LogP contribution in [-0.2, 0) is 4.74 Å². The van der Waals surface area contributed by atoms with Crippen molar-refractivity contribution in [2.24, 2.45) is 5.92 Å². The quantitative estimate of drug-likeness (QED) is 0.896. The Morgan fingerprint density at radius 2 is 2.20 bits per heavy atom. The van der Waals surface area contributed by atoms with Crippen LogP contribution in [0.5, 0.6) is 0 Å². The number of benzene rings is 1. The highest BCUT2D eigenvalue weighted by Crippen LogP contribution is 2.20. The summed E-state index contributed by atoms with van der Waals surface area (Å²) in [4.78, 5) is 33.4. The summed E-state index contributed by atoms with van der Waals surface area (Å²) >= 11 is 0. The van der Waals surface area contributed by atoms with Crippen molar-refractivity contribution in [1.29, 1.82) is 0 Å². The van der Waals surface area contributed by atoms with Crippen molar-refractivity contribution in [3.8, 4) is 0 Å². The second-order valence-corrected chi connectivity index (χ2v) is 7.42. The standard InChI is InChI=1S/C18H24N4O3/c1-18(2,3)25-17(24)19-9-12-6-7-22(10-12)16(23)13-4-5-14-15(8-13)21-11-20-14/h4-5,8,11-12H,6-7,9-10H2,1-3H3,(H,19,24)(H,20,21). The first-order valence-corrected chi connectivity index (χ1v) is 8.51. The number of nitrogens with one attached hydrogen (secondary N) is 2. The number of aromatic amines is 1. The van der Waals surface area contributed by atoms with Crippen LogP contribution in [0, 0.1) is 5.92 Å². The van der Waals surface area contributed by atoms with Gasteiger partial charge in [0.25, 0.3) is 5.91 Å². The monoisotopic (exact) mass is 344 g/mol. The van der Waals surface area contributed by atoms with Crippen LogP contribution >= 0.6 is 0 Å². The molecular formula is C18H24N4O3. The Hall–Kier alpha value is -2.57. The number of H-pyrrole nitrogens is 1. The molecular weight excluding hydrogens is 320 g/mol. The number of nitrogens with zero attached hydrogens (tertiary/aromatic N) is 2. The maximum atomic E-state index is 12.7. The molecule has 2 aromatic rings. The van der Waals surface area contributed by atoms with Gasteiger partial charge in [0.05, 0.1) is 17.4 Å². The maximum absolute atomic E-state index is 12.7. The molecule has 1 aromatic carbocycles. The van der Waals surface area contributed by atoms with Gasteiger partial charge in [-0.1, -0.05) is 0 Å². The number of fused-ring (bicyclic) bond motifs is 1. The van der Waals surface area contributed by atoms with Gasteiger partial charge in [-0.25, -0.2) is 9.78 Å². The molecule has 1 aromatic heterocycles. The molecule has 0 spiro atoms. The van der Waals surface area contributed by atoms with Gasteiger partial charge < -0.3 is 19.9 Å². The van der Waals surface area contributed by atoms with Crippen LogP contribution in [0.15, 0.2) is 24.5 Å². The number of amides is 2. The smallest absolute Gasteiger partial charge is 0.407 e. The molecule has 0 aliphatic carbocycles. The number of aromatic nitrogens is 2. The second-order valence-electron chi connectivity index (χ2n) is 7.42. The summed E-state index contributed by atoms with van der Waals surface area (Å²) in [5, 5.41) is 2.79. The zero-order valence-corrected chi connectivity index (χ0v) is 14.8. The van der Waals surface area contributed by atoms with Crippen molar-refractivity contribution in [2.45, 2.75) is 32.8 Å². The van der Waals surface area contributed by atoms with E-state index < -0.39 is 11.7 Å². The largest absolute Gasteiger partial charge is 0.444 e. The van der Waals surface area contributed by atoms with Crippen molar-refractivity contribution >= 4 is 23.0 Å². The third kappa shape index (κ3) is 4.29. The molecule has 2 N–H and O–H groups in total. The van der Waals surface area contributed by atoms with Crippen molar-refractivity contribution in [3.05, 3.63) is 30.1 Å².